The van der Waals surface area contributed by atoms with Gasteiger partial charge in [0.2, 0.25) is 5.91 Å². The van der Waals surface area contributed by atoms with Crippen molar-refractivity contribution in [2.75, 3.05) is 19.6 Å². The lowest BCUT2D eigenvalue weighted by Gasteiger charge is -2.38. The molecule has 0 aliphatic carbocycles. The largest absolute Gasteiger partial charge is 0.366 e. The van der Waals surface area contributed by atoms with Gasteiger partial charge in [0.05, 0.1) is 11.6 Å². The van der Waals surface area contributed by atoms with Crippen molar-refractivity contribution in [3.05, 3.63) is 57.8 Å². The van der Waals surface area contributed by atoms with Crippen LogP contribution in [0, 0.1) is 11.3 Å². The number of thiophene rings is 1. The minimum Gasteiger partial charge on any atom is -0.366 e. The normalized spacial score (nSPS) is 19.0. The number of piperazine rings is 1. The number of benzene rings is 1. The lowest BCUT2D eigenvalue weighted by Crippen LogP contribution is -2.51. The van der Waals surface area contributed by atoms with Crippen LogP contribution in [0.25, 0.3) is 0 Å². The number of primary amides is 1. The average molecular weight is 340 g/mol. The molecule has 1 aromatic heterocycles. The van der Waals surface area contributed by atoms with Crippen LogP contribution in [-0.4, -0.2) is 41.4 Å². The number of hydrogen-bond acceptors (Lipinski definition) is 5. The molecule has 1 unspecified atom stereocenters. The molecule has 124 valence electrons. The van der Waals surface area contributed by atoms with Gasteiger partial charge in [-0.1, -0.05) is 30.3 Å². The molecule has 1 aliphatic rings. The third-order valence-corrected chi connectivity index (χ3v) is 5.19. The minimum absolute atomic E-state index is 0.116. The van der Waals surface area contributed by atoms with E-state index in [0.29, 0.717) is 12.1 Å². The van der Waals surface area contributed by atoms with E-state index in [1.165, 1.54) is 5.56 Å². The van der Waals surface area contributed by atoms with Gasteiger partial charge in [0.25, 0.3) is 0 Å². The number of carbonyl (C=O) groups excluding carboxylic acids is 1. The first-order chi connectivity index (χ1) is 11.7. The second-order valence-electron chi connectivity index (χ2n) is 6.00. The molecular weight excluding hydrogens is 320 g/mol. The number of nitrogens with two attached hydrogens (primary N) is 1. The van der Waals surface area contributed by atoms with Gasteiger partial charge >= 0.3 is 0 Å². The molecule has 1 atom stereocenters. The summed E-state index contributed by atoms with van der Waals surface area (Å²) < 4.78 is 0. The summed E-state index contributed by atoms with van der Waals surface area (Å²) in [6.45, 7) is 4.05. The van der Waals surface area contributed by atoms with Crippen LogP contribution in [0.5, 0.6) is 0 Å². The van der Waals surface area contributed by atoms with Crippen molar-refractivity contribution in [2.45, 2.75) is 19.1 Å². The molecular formula is C18H20N4OS. The quantitative estimate of drug-likeness (QED) is 0.904. The number of hydrogen-bond donors (Lipinski definition) is 1. The van der Waals surface area contributed by atoms with Crippen LogP contribution in [0.4, 0.5) is 0 Å². The molecule has 3 rings (SSSR count). The van der Waals surface area contributed by atoms with Crippen molar-refractivity contribution in [1.82, 2.24) is 9.80 Å². The highest BCUT2D eigenvalue weighted by molar-refractivity contribution is 7.10. The van der Waals surface area contributed by atoms with Gasteiger partial charge in [0.15, 0.2) is 0 Å². The van der Waals surface area contributed by atoms with Crippen LogP contribution in [0.2, 0.25) is 0 Å². The summed E-state index contributed by atoms with van der Waals surface area (Å²) in [5.41, 5.74) is 7.10. The van der Waals surface area contributed by atoms with Crippen LogP contribution in [-0.2, 0) is 13.1 Å². The molecule has 6 heteroatoms. The molecule has 2 heterocycles. The zero-order valence-electron chi connectivity index (χ0n) is 13.4. The van der Waals surface area contributed by atoms with Gasteiger partial charge in [-0.25, -0.2) is 0 Å². The summed E-state index contributed by atoms with van der Waals surface area (Å²) in [6, 6.07) is 14.4. The lowest BCUT2D eigenvalue weighted by atomic mass is 10.1. The maximum absolute atomic E-state index is 11.2. The number of amides is 1. The van der Waals surface area contributed by atoms with Crippen LogP contribution in [0.15, 0.2) is 41.8 Å². The van der Waals surface area contributed by atoms with Gasteiger partial charge < -0.3 is 5.73 Å². The maximum Gasteiger partial charge on any atom is 0.249 e. The van der Waals surface area contributed by atoms with Crippen LogP contribution >= 0.6 is 11.3 Å². The fraction of sp³-hybridized carbons (Fsp3) is 0.333. The Hall–Kier alpha value is -2.20. The van der Waals surface area contributed by atoms with E-state index >= 15 is 0 Å². The van der Waals surface area contributed by atoms with Crippen LogP contribution < -0.4 is 5.73 Å². The first kappa shape index (κ1) is 16.7. The fourth-order valence-corrected chi connectivity index (χ4v) is 3.88. The van der Waals surface area contributed by atoms with Gasteiger partial charge in [-0.05, 0) is 11.6 Å². The SMILES string of the molecule is N#CC1CN(Cc2cc(C(N)=O)cs2)CCN1Cc1ccccc1. The Bertz CT molecular complexity index is 737. The van der Waals surface area contributed by atoms with Gasteiger partial charge in [-0.2, -0.15) is 5.26 Å². The van der Waals surface area contributed by atoms with Gasteiger partial charge in [0, 0.05) is 43.0 Å². The summed E-state index contributed by atoms with van der Waals surface area (Å²) >= 11 is 1.54. The number of carbonyl (C=O) groups is 1. The minimum atomic E-state index is -0.389. The molecule has 0 radical (unpaired) electrons. The zero-order chi connectivity index (χ0) is 16.9. The second-order valence-corrected chi connectivity index (χ2v) is 7.00. The van der Waals surface area contributed by atoms with Gasteiger partial charge in [-0.3, -0.25) is 14.6 Å². The van der Waals surface area contributed by atoms with E-state index in [1.807, 2.05) is 24.3 Å². The van der Waals surface area contributed by atoms with E-state index in [4.69, 9.17) is 5.73 Å². The number of nitriles is 1. The Balaban J connectivity index is 1.60. The van der Waals surface area contributed by atoms with E-state index in [-0.39, 0.29) is 11.9 Å². The second kappa shape index (κ2) is 7.58. The Morgan fingerprint density at radius 2 is 2.08 bits per heavy atom. The zero-order valence-corrected chi connectivity index (χ0v) is 14.2. The van der Waals surface area contributed by atoms with Crippen molar-refractivity contribution in [3.8, 4) is 6.07 Å². The summed E-state index contributed by atoms with van der Waals surface area (Å²) in [6.07, 6.45) is 0. The topological polar surface area (TPSA) is 73.4 Å². The third kappa shape index (κ3) is 4.01. The van der Waals surface area contributed by atoms with Gasteiger partial charge in [-0.15, -0.1) is 11.3 Å². The Kier molecular flexibility index (Phi) is 5.26. The van der Waals surface area contributed by atoms with E-state index in [1.54, 1.807) is 16.7 Å². The molecule has 5 nitrogen and oxygen atoms in total. The smallest absolute Gasteiger partial charge is 0.249 e. The Morgan fingerprint density at radius 1 is 1.29 bits per heavy atom. The third-order valence-electron chi connectivity index (χ3n) is 4.27. The molecule has 0 spiro atoms. The van der Waals surface area contributed by atoms with Crippen molar-refractivity contribution in [2.24, 2.45) is 5.73 Å². The standard InChI is InChI=1S/C18H20N4OS/c19-9-16-11-21(12-17-8-15(13-24-17)18(20)23)6-7-22(16)10-14-4-2-1-3-5-14/h1-5,8,13,16H,6-7,10-12H2,(H2,20,23). The molecule has 0 saturated carbocycles. The highest BCUT2D eigenvalue weighted by atomic mass is 32.1. The van der Waals surface area contributed by atoms with Crippen LogP contribution in [0.1, 0.15) is 20.8 Å². The predicted octanol–water partition coefficient (Wildman–Crippen LogP) is 2.06. The Morgan fingerprint density at radius 3 is 2.75 bits per heavy atom. The van der Waals surface area contributed by atoms with E-state index in [9.17, 15) is 10.1 Å². The van der Waals surface area contributed by atoms with Crippen LogP contribution in [0.3, 0.4) is 0 Å². The molecule has 24 heavy (non-hydrogen) atoms. The summed E-state index contributed by atoms with van der Waals surface area (Å²) in [4.78, 5) is 16.8. The monoisotopic (exact) mass is 340 g/mol. The molecule has 1 aromatic carbocycles. The Labute approximate surface area is 145 Å². The molecule has 1 fully saturated rings. The van der Waals surface area contributed by atoms with Crippen molar-refractivity contribution in [1.29, 1.82) is 5.26 Å². The average Bonchev–Trinajstić information content (AvgIpc) is 3.06. The highest BCUT2D eigenvalue weighted by Gasteiger charge is 2.27. The number of rotatable bonds is 5. The molecule has 2 N–H and O–H groups in total. The summed E-state index contributed by atoms with van der Waals surface area (Å²) in [5.74, 6) is -0.389. The first-order valence-electron chi connectivity index (χ1n) is 7.93. The summed E-state index contributed by atoms with van der Waals surface area (Å²) in [7, 11) is 0. The van der Waals surface area contributed by atoms with Gasteiger partial charge in [0.1, 0.15) is 6.04 Å². The molecule has 1 saturated heterocycles. The van der Waals surface area contributed by atoms with Crippen molar-refractivity contribution >= 4 is 17.2 Å². The molecule has 2 aromatic rings. The van der Waals surface area contributed by atoms with Crippen molar-refractivity contribution < 1.29 is 4.79 Å². The fourth-order valence-electron chi connectivity index (χ4n) is 2.96. The number of nitrogens with zero attached hydrogens (tertiary/aromatic N) is 3. The van der Waals surface area contributed by atoms with Crippen molar-refractivity contribution in [3.63, 3.8) is 0 Å². The molecule has 1 amide bonds. The van der Waals surface area contributed by atoms with E-state index < -0.39 is 0 Å². The summed E-state index contributed by atoms with van der Waals surface area (Å²) in [5, 5.41) is 11.3. The maximum atomic E-state index is 11.2. The predicted molar refractivity (Wildman–Crippen MR) is 94.4 cm³/mol. The van der Waals surface area contributed by atoms with E-state index in [0.717, 1.165) is 31.1 Å². The lowest BCUT2D eigenvalue weighted by molar-refractivity contribution is 0.0908. The highest BCUT2D eigenvalue weighted by Crippen LogP contribution is 2.20. The first-order valence-corrected chi connectivity index (χ1v) is 8.81. The van der Waals surface area contributed by atoms with E-state index in [2.05, 4.69) is 28.0 Å². The molecule has 1 aliphatic heterocycles. The molecule has 0 bridgehead atoms.